The summed E-state index contributed by atoms with van der Waals surface area (Å²) >= 11 is 0. The lowest BCUT2D eigenvalue weighted by molar-refractivity contribution is -0.161. The first-order chi connectivity index (χ1) is 48.2. The standard InChI is InChI=1S/C80H156O17P2/c1-5-9-13-17-20-23-26-29-31-33-35-36-37-39-41-43-46-49-52-55-59-63-67-80(85)97-76(71-91-78(83)65-61-57-53-50-47-45-42-40-38-34-32-30-27-24-21-18-14-10-6-2)73-95-99(88,89)93-69-74(81)68-92-98(86,87)94-72-75(70-90-77(82)64-60-56-16-12-8-4)96-79(84)66-62-58-54-51-48-44-28-25-22-19-15-11-7-3/h74-76,81H,5-73H2,1-4H3,(H,86,87)(H,88,89)/t74-,75+,76+/m0/s1. The van der Waals surface area contributed by atoms with Crippen LogP contribution in [0.1, 0.15) is 432 Å². The lowest BCUT2D eigenvalue weighted by Gasteiger charge is -2.21. The third-order valence-electron chi connectivity index (χ3n) is 18.9. The van der Waals surface area contributed by atoms with E-state index in [0.717, 1.165) is 96.3 Å². The second kappa shape index (κ2) is 74.3. The van der Waals surface area contributed by atoms with Gasteiger partial charge in [0.05, 0.1) is 26.4 Å². The van der Waals surface area contributed by atoms with Crippen LogP contribution < -0.4 is 0 Å². The summed E-state index contributed by atoms with van der Waals surface area (Å²) in [7, 11) is -9.90. The Hall–Kier alpha value is -1.94. The van der Waals surface area contributed by atoms with Crippen molar-refractivity contribution in [1.29, 1.82) is 0 Å². The highest BCUT2D eigenvalue weighted by atomic mass is 31.2. The molecule has 5 atom stereocenters. The first-order valence-electron chi connectivity index (χ1n) is 41.8. The van der Waals surface area contributed by atoms with Crippen molar-refractivity contribution in [3.05, 3.63) is 0 Å². The van der Waals surface area contributed by atoms with Gasteiger partial charge < -0.3 is 33.8 Å². The topological polar surface area (TPSA) is 237 Å². The monoisotopic (exact) mass is 1450 g/mol. The number of hydrogen-bond acceptors (Lipinski definition) is 15. The minimum Gasteiger partial charge on any atom is -0.462 e. The van der Waals surface area contributed by atoms with Crippen LogP contribution in [0.2, 0.25) is 0 Å². The van der Waals surface area contributed by atoms with Gasteiger partial charge in [0.1, 0.15) is 19.3 Å². The van der Waals surface area contributed by atoms with Crippen LogP contribution in [0.4, 0.5) is 0 Å². The highest BCUT2D eigenvalue weighted by Gasteiger charge is 2.30. The Morgan fingerprint density at radius 1 is 0.242 bits per heavy atom. The van der Waals surface area contributed by atoms with E-state index in [-0.39, 0.29) is 25.7 Å². The number of aliphatic hydroxyl groups is 1. The Bertz CT molecular complexity index is 1880. The van der Waals surface area contributed by atoms with Crippen molar-refractivity contribution in [2.45, 2.75) is 451 Å². The lowest BCUT2D eigenvalue weighted by atomic mass is 10.0. The molecule has 0 aromatic carbocycles. The quantitative estimate of drug-likeness (QED) is 0.0222. The van der Waals surface area contributed by atoms with Gasteiger partial charge in [0, 0.05) is 25.7 Å². The zero-order valence-electron chi connectivity index (χ0n) is 64.5. The molecule has 99 heavy (non-hydrogen) atoms. The first-order valence-corrected chi connectivity index (χ1v) is 44.8. The molecule has 0 fully saturated rings. The number of hydrogen-bond donors (Lipinski definition) is 3. The number of phosphoric ester groups is 2. The molecule has 0 radical (unpaired) electrons. The van der Waals surface area contributed by atoms with Gasteiger partial charge in [0.25, 0.3) is 0 Å². The van der Waals surface area contributed by atoms with Gasteiger partial charge in [-0.25, -0.2) is 9.13 Å². The van der Waals surface area contributed by atoms with Gasteiger partial charge in [-0.15, -0.1) is 0 Å². The molecule has 0 rings (SSSR count). The van der Waals surface area contributed by atoms with E-state index in [1.807, 2.05) is 0 Å². The molecule has 19 heteroatoms. The van der Waals surface area contributed by atoms with Crippen molar-refractivity contribution in [3.8, 4) is 0 Å². The number of aliphatic hydroxyl groups excluding tert-OH is 1. The van der Waals surface area contributed by atoms with Crippen molar-refractivity contribution in [2.24, 2.45) is 0 Å². The third-order valence-corrected chi connectivity index (χ3v) is 20.8. The average Bonchev–Trinajstić information content (AvgIpc) is 0.999. The molecule has 2 unspecified atom stereocenters. The van der Waals surface area contributed by atoms with Crippen LogP contribution in [-0.4, -0.2) is 96.7 Å². The van der Waals surface area contributed by atoms with Gasteiger partial charge in [-0.05, 0) is 25.7 Å². The van der Waals surface area contributed by atoms with E-state index in [2.05, 4.69) is 27.7 Å². The van der Waals surface area contributed by atoms with Gasteiger partial charge in [-0.3, -0.25) is 37.3 Å². The molecule has 0 aromatic heterocycles. The minimum absolute atomic E-state index is 0.107. The van der Waals surface area contributed by atoms with Crippen molar-refractivity contribution in [3.63, 3.8) is 0 Å². The SMILES string of the molecule is CCCCCCCCCCCCCCCCCCCCCCCCC(=O)O[C@H](COC(=O)CCCCCCCCCCCCCCCCCCCCC)COP(=O)(O)OC[C@@H](O)COP(=O)(O)OC[C@@H](COC(=O)CCCCCCC)OC(=O)CCCCCCCCCCCCCCC. The molecule has 0 aliphatic carbocycles. The number of phosphoric acid groups is 2. The van der Waals surface area contributed by atoms with E-state index in [9.17, 15) is 43.2 Å². The van der Waals surface area contributed by atoms with Crippen LogP contribution >= 0.6 is 15.6 Å². The van der Waals surface area contributed by atoms with Crippen LogP contribution in [0.25, 0.3) is 0 Å². The second-order valence-corrected chi connectivity index (χ2v) is 31.7. The van der Waals surface area contributed by atoms with Gasteiger partial charge in [-0.1, -0.05) is 381 Å². The molecule has 0 aliphatic heterocycles. The van der Waals surface area contributed by atoms with E-state index in [0.29, 0.717) is 25.7 Å². The summed E-state index contributed by atoms with van der Waals surface area (Å²) in [6.07, 6.45) is 67.2. The fourth-order valence-electron chi connectivity index (χ4n) is 12.5. The van der Waals surface area contributed by atoms with Crippen LogP contribution in [0.3, 0.4) is 0 Å². The van der Waals surface area contributed by atoms with E-state index < -0.39 is 97.5 Å². The molecule has 0 saturated carbocycles. The van der Waals surface area contributed by atoms with E-state index in [1.54, 1.807) is 0 Å². The van der Waals surface area contributed by atoms with Crippen molar-refractivity contribution in [2.75, 3.05) is 39.6 Å². The summed E-state index contributed by atoms with van der Waals surface area (Å²) in [6.45, 7) is 4.92. The Morgan fingerprint density at radius 2 is 0.404 bits per heavy atom. The van der Waals surface area contributed by atoms with Crippen LogP contribution in [-0.2, 0) is 65.4 Å². The summed E-state index contributed by atoms with van der Waals surface area (Å²) in [6, 6.07) is 0. The van der Waals surface area contributed by atoms with Crippen LogP contribution in [0.15, 0.2) is 0 Å². The Labute approximate surface area is 607 Å². The fourth-order valence-corrected chi connectivity index (χ4v) is 14.0. The molecular formula is C80H156O17P2. The zero-order chi connectivity index (χ0) is 72.5. The predicted octanol–water partition coefficient (Wildman–Crippen LogP) is 24.2. The van der Waals surface area contributed by atoms with E-state index in [1.165, 1.54) is 257 Å². The number of carbonyl (C=O) groups is 4. The maximum atomic E-state index is 13.1. The Morgan fingerprint density at radius 3 is 0.596 bits per heavy atom. The largest absolute Gasteiger partial charge is 0.472 e. The average molecular weight is 1450 g/mol. The normalized spacial score (nSPS) is 13.8. The Kier molecular flexibility index (Phi) is 72.9. The van der Waals surface area contributed by atoms with Crippen LogP contribution in [0, 0.1) is 0 Å². The second-order valence-electron chi connectivity index (χ2n) is 28.8. The number of unbranched alkanes of at least 4 members (excludes halogenated alkanes) is 55. The summed E-state index contributed by atoms with van der Waals surface area (Å²) in [5.41, 5.74) is 0. The molecule has 3 N–H and O–H groups in total. The summed E-state index contributed by atoms with van der Waals surface area (Å²) < 4.78 is 68.4. The first kappa shape index (κ1) is 97.1. The van der Waals surface area contributed by atoms with E-state index in [4.69, 9.17) is 37.0 Å². The highest BCUT2D eigenvalue weighted by molar-refractivity contribution is 7.47. The number of esters is 4. The van der Waals surface area contributed by atoms with Crippen molar-refractivity contribution < 1.29 is 80.2 Å². The lowest BCUT2D eigenvalue weighted by Crippen LogP contribution is -2.30. The highest BCUT2D eigenvalue weighted by Crippen LogP contribution is 2.45. The van der Waals surface area contributed by atoms with Crippen LogP contribution in [0.5, 0.6) is 0 Å². The summed E-state index contributed by atoms with van der Waals surface area (Å²) in [5.74, 6) is -2.12. The number of ether oxygens (including phenoxy) is 4. The number of carbonyl (C=O) groups excluding carboxylic acids is 4. The number of rotatable bonds is 81. The molecule has 0 amide bonds. The smallest absolute Gasteiger partial charge is 0.462 e. The maximum Gasteiger partial charge on any atom is 0.472 e. The van der Waals surface area contributed by atoms with Crippen molar-refractivity contribution >= 4 is 39.5 Å². The zero-order valence-corrected chi connectivity index (χ0v) is 66.3. The molecule has 0 aromatic rings. The van der Waals surface area contributed by atoms with Gasteiger partial charge >= 0.3 is 39.5 Å². The molecule has 0 bridgehead atoms. The Balaban J connectivity index is 5.10. The van der Waals surface area contributed by atoms with Gasteiger partial charge in [0.15, 0.2) is 12.2 Å². The minimum atomic E-state index is -4.96. The molecule has 17 nitrogen and oxygen atoms in total. The molecule has 0 spiro atoms. The molecule has 588 valence electrons. The maximum absolute atomic E-state index is 13.1. The molecule has 0 heterocycles. The third kappa shape index (κ3) is 74.1. The summed E-state index contributed by atoms with van der Waals surface area (Å²) in [4.78, 5) is 72.6. The van der Waals surface area contributed by atoms with E-state index >= 15 is 0 Å². The van der Waals surface area contributed by atoms with Gasteiger partial charge in [0.2, 0.25) is 0 Å². The summed E-state index contributed by atoms with van der Waals surface area (Å²) in [5, 5.41) is 10.6. The molecule has 0 aliphatic rings. The molecule has 0 saturated heterocycles. The predicted molar refractivity (Wildman–Crippen MR) is 405 cm³/mol. The van der Waals surface area contributed by atoms with Gasteiger partial charge in [-0.2, -0.15) is 0 Å². The van der Waals surface area contributed by atoms with Crippen molar-refractivity contribution in [1.82, 2.24) is 0 Å². The fraction of sp³-hybridized carbons (Fsp3) is 0.950. The molecular weight excluding hydrogens is 1290 g/mol.